The Balaban J connectivity index is 0.890. The molecule has 0 bridgehead atoms. The van der Waals surface area contributed by atoms with Crippen molar-refractivity contribution in [3.05, 3.63) is 88.0 Å². The van der Waals surface area contributed by atoms with E-state index in [1.54, 1.807) is 0 Å². The van der Waals surface area contributed by atoms with E-state index in [9.17, 15) is 19.5 Å². The number of nitrogens with one attached hydrogen (secondary N) is 5. The lowest BCUT2D eigenvalue weighted by atomic mass is 10.0. The summed E-state index contributed by atoms with van der Waals surface area (Å²) in [4.78, 5) is 41.7. The van der Waals surface area contributed by atoms with Crippen LogP contribution in [0.4, 0.5) is 10.5 Å². The second kappa shape index (κ2) is 17.0. The highest BCUT2D eigenvalue weighted by Gasteiger charge is 2.21. The van der Waals surface area contributed by atoms with Crippen molar-refractivity contribution in [3.63, 3.8) is 0 Å². The van der Waals surface area contributed by atoms with Crippen molar-refractivity contribution in [2.45, 2.75) is 50.7 Å². The normalized spacial score (nSPS) is 14.6. The molecule has 4 aromatic rings. The molecule has 1 aliphatic heterocycles. The van der Waals surface area contributed by atoms with Gasteiger partial charge in [0.15, 0.2) is 0 Å². The summed E-state index contributed by atoms with van der Waals surface area (Å²) in [5.41, 5.74) is 4.35. The predicted octanol–water partition coefficient (Wildman–Crippen LogP) is 4.84. The van der Waals surface area contributed by atoms with Crippen LogP contribution in [0.25, 0.3) is 21.3 Å². The molecular formula is C35H44N6O4S. The van der Waals surface area contributed by atoms with Gasteiger partial charge in [-0.05, 0) is 49.9 Å². The van der Waals surface area contributed by atoms with Crippen LogP contribution in [0.1, 0.15) is 50.2 Å². The number of urea groups is 1. The van der Waals surface area contributed by atoms with Crippen molar-refractivity contribution < 1.29 is 14.7 Å². The number of thiazole rings is 1. The largest absolute Gasteiger partial charge is 0.387 e. The minimum atomic E-state index is -0.677. The molecule has 0 aliphatic carbocycles. The predicted molar refractivity (Wildman–Crippen MR) is 185 cm³/mol. The summed E-state index contributed by atoms with van der Waals surface area (Å²) in [5, 5.41) is 23.0. The Morgan fingerprint density at radius 3 is 2.52 bits per heavy atom. The minimum absolute atomic E-state index is 0.0687. The maximum atomic E-state index is 12.8. The number of H-pyrrole nitrogens is 1. The molecule has 0 saturated carbocycles. The van der Waals surface area contributed by atoms with Gasteiger partial charge in [-0.1, -0.05) is 78.4 Å². The molecule has 46 heavy (non-hydrogen) atoms. The molecule has 3 aromatic carbocycles. The maximum Gasteiger partial charge on any atom is 0.319 e. The number of carbonyl (C=O) groups excluding carboxylic acids is 2. The third-order valence-electron chi connectivity index (χ3n) is 8.36. The number of aliphatic hydroxyl groups is 1. The summed E-state index contributed by atoms with van der Waals surface area (Å²) < 4.78 is 0.806. The molecule has 0 radical (unpaired) electrons. The highest BCUT2D eigenvalue weighted by molar-refractivity contribution is 7.16. The Bertz CT molecular complexity index is 1620. The lowest BCUT2D eigenvalue weighted by Crippen LogP contribution is -2.46. The molecule has 0 spiro atoms. The third-order valence-corrected chi connectivity index (χ3v) is 9.31. The van der Waals surface area contributed by atoms with E-state index in [0.717, 1.165) is 102 Å². The third kappa shape index (κ3) is 9.73. The zero-order chi connectivity index (χ0) is 32.1. The van der Waals surface area contributed by atoms with Crippen LogP contribution in [0.3, 0.4) is 0 Å². The Hall–Kier alpha value is -4.03. The SMILES string of the molecule is O=C(CCN1CCC(NC(=O)Nc2ccccc2-c2ccccc2)CC1)NCCCCCNCC(O)c1cccc2[nH]c(=O)sc12. The van der Waals surface area contributed by atoms with Crippen LogP contribution < -0.4 is 26.1 Å². The van der Waals surface area contributed by atoms with Gasteiger partial charge in [0, 0.05) is 56.3 Å². The number of anilines is 1. The Morgan fingerprint density at radius 2 is 1.70 bits per heavy atom. The van der Waals surface area contributed by atoms with E-state index < -0.39 is 6.10 Å². The van der Waals surface area contributed by atoms with Gasteiger partial charge in [-0.2, -0.15) is 0 Å². The Kier molecular flexibility index (Phi) is 12.4. The van der Waals surface area contributed by atoms with Crippen LogP contribution in [-0.4, -0.2) is 72.2 Å². The van der Waals surface area contributed by atoms with Gasteiger partial charge in [-0.15, -0.1) is 0 Å². The number of nitrogens with zero attached hydrogens (tertiary/aromatic N) is 1. The van der Waals surface area contributed by atoms with Gasteiger partial charge in [0.05, 0.1) is 22.0 Å². The van der Waals surface area contributed by atoms with Gasteiger partial charge in [-0.3, -0.25) is 9.59 Å². The summed E-state index contributed by atoms with van der Waals surface area (Å²) in [5.74, 6) is 0.0687. The number of rotatable bonds is 15. The van der Waals surface area contributed by atoms with Crippen molar-refractivity contribution in [2.75, 3.05) is 44.6 Å². The van der Waals surface area contributed by atoms with Gasteiger partial charge < -0.3 is 36.3 Å². The highest BCUT2D eigenvalue weighted by Crippen LogP contribution is 2.28. The van der Waals surface area contributed by atoms with Crippen molar-refractivity contribution in [2.24, 2.45) is 0 Å². The number of aromatic nitrogens is 1. The van der Waals surface area contributed by atoms with Crippen molar-refractivity contribution in [3.8, 4) is 11.1 Å². The molecule has 2 heterocycles. The molecular weight excluding hydrogens is 600 g/mol. The van der Waals surface area contributed by atoms with Crippen molar-refractivity contribution in [1.82, 2.24) is 25.8 Å². The van der Waals surface area contributed by atoms with E-state index >= 15 is 0 Å². The van der Waals surface area contributed by atoms with Crippen LogP contribution in [0, 0.1) is 0 Å². The molecule has 1 unspecified atom stereocenters. The molecule has 1 fully saturated rings. The van der Waals surface area contributed by atoms with Gasteiger partial charge in [0.1, 0.15) is 0 Å². The maximum absolute atomic E-state index is 12.8. The molecule has 3 amide bonds. The average Bonchev–Trinajstić information content (AvgIpc) is 3.46. The zero-order valence-corrected chi connectivity index (χ0v) is 26.9. The highest BCUT2D eigenvalue weighted by atomic mass is 32.1. The fourth-order valence-corrected chi connectivity index (χ4v) is 6.74. The second-order valence-corrected chi connectivity index (χ2v) is 12.7. The second-order valence-electron chi connectivity index (χ2n) is 11.7. The van der Waals surface area contributed by atoms with E-state index in [1.165, 1.54) is 0 Å². The van der Waals surface area contributed by atoms with Crippen LogP contribution in [0.2, 0.25) is 0 Å². The quantitative estimate of drug-likeness (QED) is 0.102. The molecule has 6 N–H and O–H groups in total. The fraction of sp³-hybridized carbons (Fsp3) is 0.400. The first-order chi connectivity index (χ1) is 22.5. The number of fused-ring (bicyclic) bond motifs is 1. The lowest BCUT2D eigenvalue weighted by Gasteiger charge is -2.32. The topological polar surface area (TPSA) is 139 Å². The molecule has 244 valence electrons. The summed E-state index contributed by atoms with van der Waals surface area (Å²) in [7, 11) is 0. The number of aliphatic hydroxyl groups excluding tert-OH is 1. The van der Waals surface area contributed by atoms with E-state index in [1.807, 2.05) is 72.8 Å². The molecule has 1 aromatic heterocycles. The number of aromatic amines is 1. The first-order valence-corrected chi connectivity index (χ1v) is 17.0. The van der Waals surface area contributed by atoms with Crippen LogP contribution in [0.5, 0.6) is 0 Å². The Labute approximate surface area is 273 Å². The summed E-state index contributed by atoms with van der Waals surface area (Å²) in [6.07, 6.45) is 4.32. The van der Waals surface area contributed by atoms with Crippen molar-refractivity contribution in [1.29, 1.82) is 0 Å². The number of para-hydroxylation sites is 1. The molecule has 10 nitrogen and oxygen atoms in total. The molecule has 1 aliphatic rings. The molecule has 1 atom stereocenters. The number of hydrogen-bond acceptors (Lipinski definition) is 7. The van der Waals surface area contributed by atoms with E-state index in [0.29, 0.717) is 19.5 Å². The van der Waals surface area contributed by atoms with E-state index in [2.05, 4.69) is 31.2 Å². The minimum Gasteiger partial charge on any atom is -0.387 e. The lowest BCUT2D eigenvalue weighted by molar-refractivity contribution is -0.121. The summed E-state index contributed by atoms with van der Waals surface area (Å²) >= 11 is 1.12. The number of benzene rings is 3. The first-order valence-electron chi connectivity index (χ1n) is 16.2. The first kappa shape index (κ1) is 33.3. The van der Waals surface area contributed by atoms with Crippen molar-refractivity contribution >= 4 is 39.2 Å². The van der Waals surface area contributed by atoms with Crippen LogP contribution in [-0.2, 0) is 4.79 Å². The standard InChI is InChI=1S/C35H44N6O4S/c42-31(28-13-9-15-30-33(28)46-35(45)40-30)24-36-19-7-2-8-20-37-32(43)18-23-41-21-16-26(17-22-41)38-34(44)39-29-14-6-5-12-27(29)25-10-3-1-4-11-25/h1,3-6,9-15,26,31,36,42H,2,7-8,16-24H2,(H,37,43)(H,40,45)(H2,38,39,44). The average molecular weight is 645 g/mol. The number of piperidine rings is 1. The van der Waals surface area contributed by atoms with Gasteiger partial charge in [0.25, 0.3) is 0 Å². The molecule has 11 heteroatoms. The van der Waals surface area contributed by atoms with Crippen LogP contribution >= 0.6 is 11.3 Å². The number of likely N-dealkylation sites (tertiary alicyclic amines) is 1. The van der Waals surface area contributed by atoms with Gasteiger partial charge in [0.2, 0.25) is 5.91 Å². The fourth-order valence-electron chi connectivity index (χ4n) is 5.84. The van der Waals surface area contributed by atoms with Crippen LogP contribution in [0.15, 0.2) is 77.6 Å². The molecule has 5 rings (SSSR count). The zero-order valence-electron chi connectivity index (χ0n) is 26.1. The van der Waals surface area contributed by atoms with E-state index in [-0.39, 0.29) is 22.9 Å². The van der Waals surface area contributed by atoms with Gasteiger partial charge in [-0.25, -0.2) is 4.79 Å². The number of amides is 3. The smallest absolute Gasteiger partial charge is 0.319 e. The van der Waals surface area contributed by atoms with E-state index in [4.69, 9.17) is 0 Å². The summed E-state index contributed by atoms with van der Waals surface area (Å²) in [6.45, 7) is 4.27. The summed E-state index contributed by atoms with van der Waals surface area (Å²) in [6, 6.07) is 23.3. The number of unbranched alkanes of at least 4 members (excludes halogenated alkanes) is 2. The Morgan fingerprint density at radius 1 is 0.935 bits per heavy atom. The monoisotopic (exact) mass is 644 g/mol. The van der Waals surface area contributed by atoms with Gasteiger partial charge >= 0.3 is 10.9 Å². The molecule has 1 saturated heterocycles. The number of hydrogen-bond donors (Lipinski definition) is 6. The number of carbonyl (C=O) groups is 2.